The van der Waals surface area contributed by atoms with Gasteiger partial charge in [0.1, 0.15) is 18.5 Å². The van der Waals surface area contributed by atoms with Gasteiger partial charge in [0.05, 0.1) is 0 Å². The molecule has 2 heterocycles. The third-order valence-corrected chi connectivity index (χ3v) is 11.0. The second kappa shape index (κ2) is 17.7. The summed E-state index contributed by atoms with van der Waals surface area (Å²) in [6.45, 7) is 8.06. The molecule has 7 nitrogen and oxygen atoms in total. The number of nitrogens with one attached hydrogen (secondary N) is 1. The second-order valence-corrected chi connectivity index (χ2v) is 14.7. The summed E-state index contributed by atoms with van der Waals surface area (Å²) in [7, 11) is 0. The first-order chi connectivity index (χ1) is 22.8. The van der Waals surface area contributed by atoms with Crippen molar-refractivity contribution in [2.24, 2.45) is 5.92 Å². The van der Waals surface area contributed by atoms with Crippen molar-refractivity contribution in [3.8, 4) is 0 Å². The molecule has 2 fully saturated rings. The van der Waals surface area contributed by atoms with Crippen LogP contribution >= 0.6 is 39.3 Å². The molecule has 1 N–H and O–H groups in total. The van der Waals surface area contributed by atoms with Crippen LogP contribution in [0.1, 0.15) is 36.5 Å². The van der Waals surface area contributed by atoms with E-state index in [1.807, 2.05) is 59.5 Å². The number of alkyl carbamates (subject to hydrolysis) is 1. The number of hydrogen-bond donors (Lipinski definition) is 1. The molecule has 0 saturated carbocycles. The monoisotopic (exact) mass is 744 g/mol. The van der Waals surface area contributed by atoms with Gasteiger partial charge in [0.15, 0.2) is 0 Å². The summed E-state index contributed by atoms with van der Waals surface area (Å²) in [4.78, 5) is 34.7. The number of amides is 2. The number of halogens is 3. The van der Waals surface area contributed by atoms with E-state index in [0.29, 0.717) is 32.7 Å². The van der Waals surface area contributed by atoms with E-state index in [2.05, 4.69) is 38.0 Å². The number of piperidine rings is 1. The molecule has 2 aliphatic rings. The van der Waals surface area contributed by atoms with Crippen LogP contribution in [0.4, 0.5) is 9.18 Å². The van der Waals surface area contributed by atoms with Gasteiger partial charge in [-0.05, 0) is 91.0 Å². The number of benzene rings is 3. The Kier molecular flexibility index (Phi) is 13.4. The highest BCUT2D eigenvalue weighted by Gasteiger charge is 2.36. The Hall–Kier alpha value is -2.63. The van der Waals surface area contributed by atoms with E-state index in [1.54, 1.807) is 17.8 Å². The van der Waals surface area contributed by atoms with Crippen LogP contribution in [-0.4, -0.2) is 84.3 Å². The van der Waals surface area contributed by atoms with Crippen molar-refractivity contribution in [3.05, 3.63) is 98.7 Å². The molecule has 0 aliphatic carbocycles. The van der Waals surface area contributed by atoms with Crippen molar-refractivity contribution in [1.82, 2.24) is 20.0 Å². The van der Waals surface area contributed by atoms with E-state index >= 15 is 0 Å². The minimum absolute atomic E-state index is 0.00630. The number of thioether (sulfide) groups is 1. The van der Waals surface area contributed by atoms with Crippen molar-refractivity contribution in [3.63, 3.8) is 0 Å². The zero-order chi connectivity index (χ0) is 33.2. The Morgan fingerprint density at radius 1 is 0.979 bits per heavy atom. The van der Waals surface area contributed by atoms with E-state index in [-0.39, 0.29) is 24.2 Å². The Labute approximate surface area is 295 Å². The average Bonchev–Trinajstić information content (AvgIpc) is 3.09. The minimum atomic E-state index is -0.654. The number of ether oxygens (including phenoxy) is 1. The van der Waals surface area contributed by atoms with E-state index in [9.17, 15) is 14.0 Å². The average molecular weight is 746 g/mol. The van der Waals surface area contributed by atoms with Crippen molar-refractivity contribution < 1.29 is 18.7 Å². The highest BCUT2D eigenvalue weighted by Crippen LogP contribution is 2.27. The molecular weight excluding hydrogens is 703 g/mol. The Morgan fingerprint density at radius 2 is 1.72 bits per heavy atom. The van der Waals surface area contributed by atoms with Gasteiger partial charge in [0, 0.05) is 53.7 Å². The lowest BCUT2D eigenvalue weighted by Crippen LogP contribution is -2.58. The lowest BCUT2D eigenvalue weighted by molar-refractivity contribution is -0.137. The first-order valence-corrected chi connectivity index (χ1v) is 18.5. The molecule has 3 aromatic rings. The predicted octanol–water partition coefficient (Wildman–Crippen LogP) is 7.25. The number of piperazine rings is 1. The summed E-state index contributed by atoms with van der Waals surface area (Å²) in [6, 6.07) is 19.7. The molecule has 0 unspecified atom stereocenters. The first-order valence-electron chi connectivity index (χ1n) is 16.3. The van der Waals surface area contributed by atoms with Gasteiger partial charge in [-0.3, -0.25) is 9.69 Å². The number of likely N-dealkylation sites (tertiary alicyclic amines) is 1. The van der Waals surface area contributed by atoms with Gasteiger partial charge in [-0.25, -0.2) is 9.18 Å². The van der Waals surface area contributed by atoms with Crippen molar-refractivity contribution in [1.29, 1.82) is 0 Å². The normalized spacial score (nSPS) is 17.0. The molecule has 0 radical (unpaired) electrons. The molecule has 1 atom stereocenters. The molecule has 2 saturated heterocycles. The van der Waals surface area contributed by atoms with Crippen molar-refractivity contribution >= 4 is 51.3 Å². The summed E-state index contributed by atoms with van der Waals surface area (Å²) in [6.07, 6.45) is 1.90. The third kappa shape index (κ3) is 10.4. The molecule has 0 bridgehead atoms. The van der Waals surface area contributed by atoms with Gasteiger partial charge in [-0.2, -0.15) is 0 Å². The Bertz CT molecular complexity index is 1490. The fourth-order valence-corrected chi connectivity index (χ4v) is 7.77. The quantitative estimate of drug-likeness (QED) is 0.197. The van der Waals surface area contributed by atoms with Crippen LogP contribution in [0.3, 0.4) is 0 Å². The molecule has 11 heteroatoms. The Morgan fingerprint density at radius 3 is 2.45 bits per heavy atom. The van der Waals surface area contributed by atoms with Crippen LogP contribution < -0.4 is 5.32 Å². The van der Waals surface area contributed by atoms with Crippen LogP contribution in [0.5, 0.6) is 0 Å². The first kappa shape index (κ1) is 35.7. The summed E-state index contributed by atoms with van der Waals surface area (Å²) in [5.74, 6) is 0.610. The molecule has 5 rings (SSSR count). The number of carbonyl (C=O) groups is 2. The summed E-state index contributed by atoms with van der Waals surface area (Å²) < 4.78 is 20.5. The second-order valence-electron chi connectivity index (χ2n) is 12.1. The maximum absolute atomic E-state index is 14.1. The lowest BCUT2D eigenvalue weighted by Gasteiger charge is -2.40. The van der Waals surface area contributed by atoms with Crippen molar-refractivity contribution in [2.75, 3.05) is 51.6 Å². The molecule has 2 amide bonds. The van der Waals surface area contributed by atoms with Gasteiger partial charge in [0.25, 0.3) is 0 Å². The maximum Gasteiger partial charge on any atom is 0.408 e. The number of carbonyl (C=O) groups excluding carboxylic acids is 2. The van der Waals surface area contributed by atoms with Crippen LogP contribution in [-0.2, 0) is 29.1 Å². The summed E-state index contributed by atoms with van der Waals surface area (Å²) in [5, 5.41) is 3.70. The van der Waals surface area contributed by atoms with Gasteiger partial charge in [0.2, 0.25) is 5.91 Å². The fraction of sp³-hybridized carbons (Fsp3) is 0.444. The number of rotatable bonds is 12. The van der Waals surface area contributed by atoms with Gasteiger partial charge >= 0.3 is 6.09 Å². The van der Waals surface area contributed by atoms with Gasteiger partial charge in [-0.15, -0.1) is 11.8 Å². The van der Waals surface area contributed by atoms with Crippen LogP contribution in [0.15, 0.2) is 76.1 Å². The van der Waals surface area contributed by atoms with Gasteiger partial charge < -0.3 is 19.9 Å². The largest absolute Gasteiger partial charge is 0.445 e. The topological polar surface area (TPSA) is 65.1 Å². The third-order valence-electron chi connectivity index (χ3n) is 8.97. The van der Waals surface area contributed by atoms with Crippen molar-refractivity contribution in [2.45, 2.75) is 50.3 Å². The van der Waals surface area contributed by atoms with Gasteiger partial charge in [-0.1, -0.05) is 70.9 Å². The van der Waals surface area contributed by atoms with Crippen LogP contribution in [0.2, 0.25) is 5.02 Å². The molecular formula is C36H43BrClFN4O3S. The number of nitrogens with zero attached hydrogens (tertiary/aromatic N) is 3. The fourth-order valence-electron chi connectivity index (χ4n) is 6.31. The molecule has 252 valence electrons. The van der Waals surface area contributed by atoms with E-state index in [1.165, 1.54) is 11.6 Å². The maximum atomic E-state index is 14.1. The molecule has 2 aliphatic heterocycles. The highest BCUT2D eigenvalue weighted by molar-refractivity contribution is 9.10. The minimum Gasteiger partial charge on any atom is -0.445 e. The number of hydrogen-bond acceptors (Lipinski definition) is 6. The smallest absolute Gasteiger partial charge is 0.408 e. The van der Waals surface area contributed by atoms with E-state index in [4.69, 9.17) is 16.3 Å². The van der Waals surface area contributed by atoms with Crippen LogP contribution in [0.25, 0.3) is 0 Å². The predicted molar refractivity (Wildman–Crippen MR) is 190 cm³/mol. The zero-order valence-corrected chi connectivity index (χ0v) is 30.0. The van der Waals surface area contributed by atoms with Crippen LogP contribution in [0, 0.1) is 11.7 Å². The standard InChI is InChI=1S/C36H43BrClFN4O3S/c1-2-47-33-23-31(39)10-8-29(33)24-42-18-20-43(21-19-42)35(44)34(40-36(45)46-25-26-6-4-3-5-7-26)27-12-15-41(16-13-27)17-14-28-22-30(38)9-11-32(28)37/h3-11,22-23,27,34H,2,12-21,24-25H2,1H3,(H,40,45)/t34-/m1/s1. The zero-order valence-electron chi connectivity index (χ0n) is 26.8. The van der Waals surface area contributed by atoms with E-state index in [0.717, 1.165) is 70.2 Å². The SMILES string of the molecule is CCSc1cc(F)ccc1CN1CCN(C(=O)[C@H](NC(=O)OCc2ccccc2)C2CCN(CCc3cc(Cl)ccc3Br)CC2)CC1. The summed E-state index contributed by atoms with van der Waals surface area (Å²) >= 11 is 11.5. The molecule has 0 spiro atoms. The Balaban J connectivity index is 1.19. The molecule has 0 aromatic heterocycles. The lowest BCUT2D eigenvalue weighted by atomic mass is 9.88. The molecule has 3 aromatic carbocycles. The summed E-state index contributed by atoms with van der Waals surface area (Å²) in [5.41, 5.74) is 3.17. The highest BCUT2D eigenvalue weighted by atomic mass is 79.9. The van der Waals surface area contributed by atoms with E-state index < -0.39 is 12.1 Å². The molecule has 47 heavy (non-hydrogen) atoms.